The van der Waals surface area contributed by atoms with Gasteiger partial charge in [0.15, 0.2) is 0 Å². The molecule has 0 bridgehead atoms. The second-order valence-corrected chi connectivity index (χ2v) is 8.84. The summed E-state index contributed by atoms with van der Waals surface area (Å²) in [5.41, 5.74) is -3.48. The molecule has 0 atom stereocenters. The monoisotopic (exact) mass is 498 g/mol. The van der Waals surface area contributed by atoms with Crippen LogP contribution in [0.2, 0.25) is 0 Å². The number of carbonyl (C=O) groups excluding carboxylic acids is 1. The molecule has 33 heavy (non-hydrogen) atoms. The second kappa shape index (κ2) is 9.59. The third kappa shape index (κ3) is 6.38. The van der Waals surface area contributed by atoms with E-state index in [1.807, 2.05) is 5.32 Å². The van der Waals surface area contributed by atoms with Gasteiger partial charge >= 0.3 is 12.4 Å². The molecule has 2 aromatic carbocycles. The van der Waals surface area contributed by atoms with Crippen molar-refractivity contribution in [3.8, 4) is 5.75 Å². The van der Waals surface area contributed by atoms with Crippen molar-refractivity contribution < 1.29 is 44.3 Å². The molecule has 182 valence electrons. The molecule has 1 N–H and O–H groups in total. The summed E-state index contributed by atoms with van der Waals surface area (Å²) in [5, 5.41) is 1.92. The van der Waals surface area contributed by atoms with Gasteiger partial charge in [0, 0.05) is 12.2 Å². The Kier molecular flexibility index (Phi) is 7.69. The van der Waals surface area contributed by atoms with E-state index in [1.54, 1.807) is 6.92 Å². The van der Waals surface area contributed by atoms with Gasteiger partial charge in [-0.3, -0.25) is 4.79 Å². The number of rotatable bonds is 7. The van der Waals surface area contributed by atoms with E-state index < -0.39 is 51.6 Å². The van der Waals surface area contributed by atoms with E-state index >= 15 is 0 Å². The summed E-state index contributed by atoms with van der Waals surface area (Å²) in [7, 11) is -2.79. The fourth-order valence-electron chi connectivity index (χ4n) is 2.91. The van der Waals surface area contributed by atoms with Gasteiger partial charge in [0.2, 0.25) is 15.9 Å². The summed E-state index contributed by atoms with van der Waals surface area (Å²) in [6, 6.07) is 4.58. The Labute approximate surface area is 186 Å². The molecule has 0 saturated heterocycles. The number of hydrogen-bond acceptors (Lipinski definition) is 4. The Morgan fingerprint density at radius 3 is 1.97 bits per heavy atom. The molecule has 0 heterocycles. The number of halogens is 6. The normalized spacial score (nSPS) is 12.7. The quantitative estimate of drug-likeness (QED) is 0.562. The van der Waals surface area contributed by atoms with E-state index in [0.717, 1.165) is 4.31 Å². The molecule has 0 saturated carbocycles. The van der Waals surface area contributed by atoms with Crippen LogP contribution in [0.1, 0.15) is 23.6 Å². The van der Waals surface area contributed by atoms with Crippen molar-refractivity contribution in [2.75, 3.05) is 25.5 Å². The summed E-state index contributed by atoms with van der Waals surface area (Å²) in [6.45, 7) is 2.01. The molecule has 0 aliphatic heterocycles. The number of carbonyl (C=O) groups is 1. The molecular formula is C20H20F6N2O4S. The first-order chi connectivity index (χ1) is 15.1. The van der Waals surface area contributed by atoms with Crippen LogP contribution in [-0.4, -0.2) is 38.8 Å². The lowest BCUT2D eigenvalue weighted by Crippen LogP contribution is -2.38. The van der Waals surface area contributed by atoms with Crippen molar-refractivity contribution in [1.29, 1.82) is 0 Å². The highest BCUT2D eigenvalue weighted by Crippen LogP contribution is 2.37. The summed E-state index contributed by atoms with van der Waals surface area (Å²) in [6.07, 6.45) is -10.2. The number of methoxy groups -OCH3 is 1. The third-order valence-corrected chi connectivity index (χ3v) is 6.46. The van der Waals surface area contributed by atoms with Gasteiger partial charge in [0.05, 0.1) is 29.7 Å². The summed E-state index contributed by atoms with van der Waals surface area (Å²) >= 11 is 0. The Balaban J connectivity index is 2.31. The molecule has 0 radical (unpaired) electrons. The molecule has 2 aromatic rings. The maximum Gasteiger partial charge on any atom is 0.416 e. The van der Waals surface area contributed by atoms with E-state index in [1.165, 1.54) is 32.2 Å². The van der Waals surface area contributed by atoms with Crippen LogP contribution in [0.5, 0.6) is 5.75 Å². The number of benzene rings is 2. The number of alkyl halides is 6. The average Bonchev–Trinajstić information content (AvgIpc) is 2.70. The van der Waals surface area contributed by atoms with Gasteiger partial charge in [-0.15, -0.1) is 0 Å². The summed E-state index contributed by atoms with van der Waals surface area (Å²) in [4.78, 5) is 12.2. The molecule has 2 rings (SSSR count). The second-order valence-electron chi connectivity index (χ2n) is 6.91. The maximum absolute atomic E-state index is 13.0. The molecule has 0 fully saturated rings. The van der Waals surface area contributed by atoms with E-state index in [2.05, 4.69) is 0 Å². The van der Waals surface area contributed by atoms with Crippen LogP contribution in [0, 0.1) is 6.92 Å². The van der Waals surface area contributed by atoms with Crippen LogP contribution in [0.3, 0.4) is 0 Å². The van der Waals surface area contributed by atoms with E-state index in [0.29, 0.717) is 23.4 Å². The smallest absolute Gasteiger partial charge is 0.416 e. The number of sulfonamides is 1. The number of ether oxygens (including phenoxy) is 1. The highest BCUT2D eigenvalue weighted by atomic mass is 32.2. The summed E-state index contributed by atoms with van der Waals surface area (Å²) in [5.74, 6) is -0.683. The largest absolute Gasteiger partial charge is 0.496 e. The Morgan fingerprint density at radius 2 is 1.55 bits per heavy atom. The Bertz CT molecular complexity index is 1100. The SMILES string of the molecule is CCN(CC(=O)Nc1cc(C(F)(F)F)cc(C(F)(F)F)c1)S(=O)(=O)c1ccc(OC)c(C)c1. The predicted octanol–water partition coefficient (Wildman–Crippen LogP) is 4.69. The van der Waals surface area contributed by atoms with Gasteiger partial charge in [-0.05, 0) is 48.9 Å². The zero-order valence-electron chi connectivity index (χ0n) is 17.6. The van der Waals surface area contributed by atoms with Gasteiger partial charge < -0.3 is 10.1 Å². The zero-order chi connectivity index (χ0) is 25.2. The minimum absolute atomic E-state index is 0.0789. The molecule has 0 aromatic heterocycles. The number of aryl methyl sites for hydroxylation is 1. The zero-order valence-corrected chi connectivity index (χ0v) is 18.5. The first kappa shape index (κ1) is 26.5. The van der Waals surface area contributed by atoms with Crippen molar-refractivity contribution in [2.45, 2.75) is 31.1 Å². The van der Waals surface area contributed by atoms with Crippen molar-refractivity contribution in [1.82, 2.24) is 4.31 Å². The Morgan fingerprint density at radius 1 is 1.00 bits per heavy atom. The number of likely N-dealkylation sites (N-methyl/N-ethyl adjacent to an activating group) is 1. The standard InChI is InChI=1S/C20H20F6N2O4S/c1-4-28(33(30,31)16-5-6-17(32-3)12(2)7-16)11-18(29)27-15-9-13(19(21,22)23)8-14(10-15)20(24,25)26/h5-10H,4,11H2,1-3H3,(H,27,29). The van der Waals surface area contributed by atoms with Crippen molar-refractivity contribution in [3.05, 3.63) is 53.1 Å². The van der Waals surface area contributed by atoms with E-state index in [4.69, 9.17) is 4.74 Å². The van der Waals surface area contributed by atoms with Crippen molar-refractivity contribution >= 4 is 21.6 Å². The molecule has 0 unspecified atom stereocenters. The maximum atomic E-state index is 13.0. The Hall–Kier alpha value is -2.80. The number of amides is 1. The van der Waals surface area contributed by atoms with Gasteiger partial charge in [0.1, 0.15) is 5.75 Å². The van der Waals surface area contributed by atoms with Crippen LogP contribution < -0.4 is 10.1 Å². The minimum Gasteiger partial charge on any atom is -0.496 e. The van der Waals surface area contributed by atoms with Crippen molar-refractivity contribution in [3.63, 3.8) is 0 Å². The lowest BCUT2D eigenvalue weighted by Gasteiger charge is -2.21. The number of hydrogen-bond donors (Lipinski definition) is 1. The molecule has 0 spiro atoms. The fourth-order valence-corrected chi connectivity index (χ4v) is 4.41. The van der Waals surface area contributed by atoms with Gasteiger partial charge in [-0.25, -0.2) is 8.42 Å². The van der Waals surface area contributed by atoms with Crippen LogP contribution in [-0.2, 0) is 27.2 Å². The third-order valence-electron chi connectivity index (χ3n) is 4.55. The molecule has 0 aliphatic carbocycles. The topological polar surface area (TPSA) is 75.7 Å². The first-order valence-corrected chi connectivity index (χ1v) is 10.8. The predicted molar refractivity (Wildman–Crippen MR) is 107 cm³/mol. The molecular weight excluding hydrogens is 478 g/mol. The van der Waals surface area contributed by atoms with Gasteiger partial charge in [-0.1, -0.05) is 6.92 Å². The molecule has 0 aliphatic rings. The number of nitrogens with one attached hydrogen (secondary N) is 1. The summed E-state index contributed by atoms with van der Waals surface area (Å²) < 4.78 is 110. The lowest BCUT2D eigenvalue weighted by molar-refractivity contribution is -0.143. The fraction of sp³-hybridized carbons (Fsp3) is 0.350. The van der Waals surface area contributed by atoms with Crippen LogP contribution in [0.25, 0.3) is 0 Å². The molecule has 1 amide bonds. The van der Waals surface area contributed by atoms with Gasteiger partial charge in [-0.2, -0.15) is 30.6 Å². The van der Waals surface area contributed by atoms with Gasteiger partial charge in [0.25, 0.3) is 0 Å². The minimum atomic E-state index is -5.09. The number of nitrogens with zero attached hydrogens (tertiary/aromatic N) is 1. The highest BCUT2D eigenvalue weighted by molar-refractivity contribution is 7.89. The van der Waals surface area contributed by atoms with E-state index in [-0.39, 0.29) is 17.5 Å². The highest BCUT2D eigenvalue weighted by Gasteiger charge is 2.37. The van der Waals surface area contributed by atoms with Crippen LogP contribution in [0.15, 0.2) is 41.3 Å². The first-order valence-electron chi connectivity index (χ1n) is 9.33. The number of anilines is 1. The average molecular weight is 498 g/mol. The van der Waals surface area contributed by atoms with Crippen LogP contribution in [0.4, 0.5) is 32.0 Å². The lowest BCUT2D eigenvalue weighted by atomic mass is 10.1. The van der Waals surface area contributed by atoms with Crippen molar-refractivity contribution in [2.24, 2.45) is 0 Å². The van der Waals surface area contributed by atoms with Crippen LogP contribution >= 0.6 is 0 Å². The van der Waals surface area contributed by atoms with E-state index in [9.17, 15) is 39.6 Å². The molecule has 6 nitrogen and oxygen atoms in total. The molecule has 13 heteroatoms.